The van der Waals surface area contributed by atoms with E-state index >= 15 is 0 Å². The molecule has 2 aromatic heterocycles. The van der Waals surface area contributed by atoms with Crippen LogP contribution in [0.3, 0.4) is 0 Å². The van der Waals surface area contributed by atoms with Crippen molar-refractivity contribution in [1.29, 1.82) is 0 Å². The van der Waals surface area contributed by atoms with Crippen molar-refractivity contribution in [2.45, 2.75) is 36.6 Å². The minimum absolute atomic E-state index is 0.115. The zero-order valence-corrected chi connectivity index (χ0v) is 18.7. The Hall–Kier alpha value is -3.17. The highest BCUT2D eigenvalue weighted by molar-refractivity contribution is 7.98. The number of benzene rings is 2. The van der Waals surface area contributed by atoms with Crippen LogP contribution in [0.4, 0.5) is 5.69 Å². The van der Waals surface area contributed by atoms with E-state index in [1.165, 1.54) is 18.7 Å². The zero-order valence-electron chi connectivity index (χ0n) is 17.2. The molecular weight excluding hydrogens is 448 g/mol. The van der Waals surface area contributed by atoms with Crippen LogP contribution in [0.25, 0.3) is 17.1 Å². The largest absolute Gasteiger partial charge is 0.338 e. The average molecular weight is 467 g/mol. The van der Waals surface area contributed by atoms with Crippen LogP contribution in [0.1, 0.15) is 37.4 Å². The number of aromatic nitrogens is 5. The van der Waals surface area contributed by atoms with Gasteiger partial charge in [-0.25, -0.2) is 0 Å². The van der Waals surface area contributed by atoms with Crippen molar-refractivity contribution in [2.24, 2.45) is 0 Å². The fourth-order valence-electron chi connectivity index (χ4n) is 3.31. The van der Waals surface area contributed by atoms with Gasteiger partial charge in [0.15, 0.2) is 5.16 Å². The number of rotatable bonds is 7. The second-order valence-electron chi connectivity index (χ2n) is 7.49. The maximum absolute atomic E-state index is 11.5. The van der Waals surface area contributed by atoms with Gasteiger partial charge >= 0.3 is 0 Å². The third kappa shape index (κ3) is 4.53. The molecule has 0 radical (unpaired) electrons. The van der Waals surface area contributed by atoms with E-state index in [-0.39, 0.29) is 5.91 Å². The summed E-state index contributed by atoms with van der Waals surface area (Å²) in [4.78, 5) is 15.9. The molecule has 2 heterocycles. The monoisotopic (exact) mass is 466 g/mol. The Morgan fingerprint density at radius 1 is 1.22 bits per heavy atom. The lowest BCUT2D eigenvalue weighted by Gasteiger charge is -2.11. The molecule has 0 atom stereocenters. The van der Waals surface area contributed by atoms with Crippen molar-refractivity contribution >= 4 is 35.0 Å². The lowest BCUT2D eigenvalue weighted by molar-refractivity contribution is -0.114. The Balaban J connectivity index is 1.38. The number of carbonyl (C=O) groups is 1. The molecule has 162 valence electrons. The number of thioether (sulfide) groups is 1. The molecule has 0 unspecified atom stereocenters. The predicted octanol–water partition coefficient (Wildman–Crippen LogP) is 5.10. The Bertz CT molecular complexity index is 1270. The lowest BCUT2D eigenvalue weighted by Crippen LogP contribution is -2.07. The Morgan fingerprint density at radius 3 is 2.78 bits per heavy atom. The zero-order chi connectivity index (χ0) is 22.1. The van der Waals surface area contributed by atoms with Gasteiger partial charge in [0.1, 0.15) is 5.82 Å². The van der Waals surface area contributed by atoms with E-state index in [4.69, 9.17) is 16.1 Å². The second-order valence-corrected chi connectivity index (χ2v) is 8.87. The molecule has 10 heteroatoms. The summed E-state index contributed by atoms with van der Waals surface area (Å²) in [7, 11) is 0. The summed E-state index contributed by atoms with van der Waals surface area (Å²) in [5, 5.41) is 17.1. The van der Waals surface area contributed by atoms with E-state index in [0.717, 1.165) is 40.8 Å². The molecule has 2 aromatic carbocycles. The first kappa shape index (κ1) is 20.7. The van der Waals surface area contributed by atoms with Gasteiger partial charge < -0.3 is 9.84 Å². The molecule has 0 aliphatic heterocycles. The standard InChI is InChI=1S/C22H19ClN6O2S/c1-13(30)24-17-3-2-4-18(11-17)29-21(15-5-6-15)26-27-22(29)32-12-19-25-20(28-31-19)14-7-9-16(23)10-8-14/h2-4,7-11,15H,5-6,12H2,1H3,(H,24,30). The molecule has 8 nitrogen and oxygen atoms in total. The smallest absolute Gasteiger partial charge is 0.237 e. The van der Waals surface area contributed by atoms with E-state index in [1.54, 1.807) is 12.1 Å². The van der Waals surface area contributed by atoms with Gasteiger partial charge in [0.05, 0.1) is 11.4 Å². The number of nitrogens with zero attached hydrogens (tertiary/aromatic N) is 5. The number of halogens is 1. The first-order valence-electron chi connectivity index (χ1n) is 10.1. The number of amides is 1. The van der Waals surface area contributed by atoms with Crippen LogP contribution in [-0.2, 0) is 10.5 Å². The molecule has 0 bridgehead atoms. The fourth-order valence-corrected chi connectivity index (χ4v) is 4.23. The SMILES string of the molecule is CC(=O)Nc1cccc(-n2c(SCc3nc(-c4ccc(Cl)cc4)no3)nnc2C2CC2)c1. The third-order valence-corrected chi connectivity index (χ3v) is 6.09. The minimum Gasteiger partial charge on any atom is -0.338 e. The fraction of sp³-hybridized carbons (Fsp3) is 0.227. The maximum Gasteiger partial charge on any atom is 0.237 e. The van der Waals surface area contributed by atoms with Gasteiger partial charge in [-0.15, -0.1) is 10.2 Å². The first-order valence-corrected chi connectivity index (χ1v) is 11.5. The molecule has 1 fully saturated rings. The van der Waals surface area contributed by atoms with Crippen LogP contribution >= 0.6 is 23.4 Å². The first-order chi connectivity index (χ1) is 15.6. The Morgan fingerprint density at radius 2 is 2.03 bits per heavy atom. The normalized spacial score (nSPS) is 13.3. The summed E-state index contributed by atoms with van der Waals surface area (Å²) in [5.74, 6) is 2.68. The highest BCUT2D eigenvalue weighted by Crippen LogP contribution is 2.41. The molecule has 1 aliphatic rings. The number of carbonyl (C=O) groups excluding carboxylic acids is 1. The summed E-state index contributed by atoms with van der Waals surface area (Å²) < 4.78 is 7.47. The van der Waals surface area contributed by atoms with Gasteiger partial charge in [0, 0.05) is 29.1 Å². The second kappa shape index (κ2) is 8.76. The summed E-state index contributed by atoms with van der Waals surface area (Å²) >= 11 is 7.42. The summed E-state index contributed by atoms with van der Waals surface area (Å²) in [6.45, 7) is 1.49. The molecular formula is C22H19ClN6O2S. The molecule has 1 saturated carbocycles. The molecule has 0 spiro atoms. The lowest BCUT2D eigenvalue weighted by atomic mass is 10.2. The third-order valence-electron chi connectivity index (χ3n) is 4.92. The van der Waals surface area contributed by atoms with Crippen molar-refractivity contribution in [3.8, 4) is 17.1 Å². The number of anilines is 1. The number of nitrogens with one attached hydrogen (secondary N) is 1. The molecule has 0 saturated heterocycles. The Kier molecular flexibility index (Phi) is 5.67. The van der Waals surface area contributed by atoms with Gasteiger partial charge in [-0.05, 0) is 55.3 Å². The van der Waals surface area contributed by atoms with Gasteiger partial charge in [0.2, 0.25) is 17.6 Å². The molecule has 4 aromatic rings. The predicted molar refractivity (Wildman–Crippen MR) is 122 cm³/mol. The van der Waals surface area contributed by atoms with Gasteiger partial charge in [-0.1, -0.05) is 34.6 Å². The topological polar surface area (TPSA) is 98.7 Å². The van der Waals surface area contributed by atoms with Crippen molar-refractivity contribution in [1.82, 2.24) is 24.9 Å². The van der Waals surface area contributed by atoms with Crippen LogP contribution < -0.4 is 5.32 Å². The van der Waals surface area contributed by atoms with E-state index in [9.17, 15) is 4.79 Å². The van der Waals surface area contributed by atoms with E-state index < -0.39 is 0 Å². The quantitative estimate of drug-likeness (QED) is 0.378. The van der Waals surface area contributed by atoms with Crippen LogP contribution in [-0.4, -0.2) is 30.8 Å². The summed E-state index contributed by atoms with van der Waals surface area (Å²) in [5.41, 5.74) is 2.47. The van der Waals surface area contributed by atoms with Crippen molar-refractivity contribution in [3.05, 3.63) is 65.3 Å². The van der Waals surface area contributed by atoms with E-state index in [2.05, 4.69) is 25.7 Å². The van der Waals surface area contributed by atoms with Gasteiger partial charge in [-0.2, -0.15) is 4.98 Å². The van der Waals surface area contributed by atoms with Crippen molar-refractivity contribution < 1.29 is 9.32 Å². The number of hydrogen-bond acceptors (Lipinski definition) is 7. The van der Waals surface area contributed by atoms with E-state index in [1.807, 2.05) is 41.0 Å². The highest BCUT2D eigenvalue weighted by Gasteiger charge is 2.31. The van der Waals surface area contributed by atoms with Crippen molar-refractivity contribution in [2.75, 3.05) is 5.32 Å². The van der Waals surface area contributed by atoms with Crippen molar-refractivity contribution in [3.63, 3.8) is 0 Å². The van der Waals surface area contributed by atoms with Gasteiger partial charge in [-0.3, -0.25) is 9.36 Å². The average Bonchev–Trinajstić information content (AvgIpc) is 3.36. The molecule has 5 rings (SSSR count). The van der Waals surface area contributed by atoms with Gasteiger partial charge in [0.25, 0.3) is 0 Å². The van der Waals surface area contributed by atoms with Crippen LogP contribution in [0, 0.1) is 0 Å². The van der Waals surface area contributed by atoms with Crippen LogP contribution in [0.5, 0.6) is 0 Å². The molecule has 1 N–H and O–H groups in total. The summed E-state index contributed by atoms with van der Waals surface area (Å²) in [6.07, 6.45) is 2.20. The highest BCUT2D eigenvalue weighted by atomic mass is 35.5. The molecule has 1 aliphatic carbocycles. The number of hydrogen-bond donors (Lipinski definition) is 1. The molecule has 32 heavy (non-hydrogen) atoms. The van der Waals surface area contributed by atoms with E-state index in [0.29, 0.717) is 28.4 Å². The minimum atomic E-state index is -0.115. The van der Waals surface area contributed by atoms with Crippen LogP contribution in [0.15, 0.2) is 58.2 Å². The molecule has 1 amide bonds. The Labute approximate surface area is 193 Å². The van der Waals surface area contributed by atoms with Crippen LogP contribution in [0.2, 0.25) is 5.02 Å². The summed E-state index contributed by atoms with van der Waals surface area (Å²) in [6, 6.07) is 15.0. The maximum atomic E-state index is 11.5.